The first-order chi connectivity index (χ1) is 8.84. The van der Waals surface area contributed by atoms with Crippen LogP contribution < -0.4 is 10.6 Å². The minimum Gasteiger partial charge on any atom is -0.325 e. The van der Waals surface area contributed by atoms with Crippen molar-refractivity contribution in [3.63, 3.8) is 0 Å². The zero-order valence-electron chi connectivity index (χ0n) is 10.3. The van der Waals surface area contributed by atoms with Gasteiger partial charge in [0.05, 0.1) is 16.3 Å². The molecule has 106 valence electrons. The van der Waals surface area contributed by atoms with E-state index in [0.717, 1.165) is 24.7 Å². The van der Waals surface area contributed by atoms with Gasteiger partial charge in [-0.1, -0.05) is 18.5 Å². The maximum atomic E-state index is 12.4. The average Bonchev–Trinajstić information content (AvgIpc) is 2.31. The molecule has 0 radical (unpaired) electrons. The first-order valence-corrected chi connectivity index (χ1v) is 6.09. The predicted octanol–water partition coefficient (Wildman–Crippen LogP) is 3.30. The van der Waals surface area contributed by atoms with Gasteiger partial charge in [0.25, 0.3) is 0 Å². The molecule has 19 heavy (non-hydrogen) atoms. The van der Waals surface area contributed by atoms with Gasteiger partial charge in [-0.05, 0) is 24.7 Å². The van der Waals surface area contributed by atoms with Crippen molar-refractivity contribution in [1.82, 2.24) is 5.32 Å². The van der Waals surface area contributed by atoms with Crippen molar-refractivity contribution in [2.75, 3.05) is 18.4 Å². The highest BCUT2D eigenvalue weighted by molar-refractivity contribution is 6.33. The number of nitrogens with one attached hydrogen (secondary N) is 2. The summed E-state index contributed by atoms with van der Waals surface area (Å²) >= 11 is 5.71. The summed E-state index contributed by atoms with van der Waals surface area (Å²) in [5.74, 6) is -0.303. The minimum absolute atomic E-state index is 0.133. The van der Waals surface area contributed by atoms with Crippen LogP contribution in [0.2, 0.25) is 5.02 Å². The third-order valence-corrected chi connectivity index (χ3v) is 2.66. The smallest absolute Gasteiger partial charge is 0.325 e. The predicted molar refractivity (Wildman–Crippen MR) is 68.2 cm³/mol. The van der Waals surface area contributed by atoms with E-state index in [9.17, 15) is 18.0 Å². The zero-order chi connectivity index (χ0) is 14.5. The molecule has 0 aliphatic carbocycles. The van der Waals surface area contributed by atoms with Crippen molar-refractivity contribution in [1.29, 1.82) is 0 Å². The molecule has 3 nitrogen and oxygen atoms in total. The van der Waals surface area contributed by atoms with Crippen LogP contribution in [-0.2, 0) is 11.0 Å². The van der Waals surface area contributed by atoms with Crippen LogP contribution in [-0.4, -0.2) is 19.0 Å². The number of hydrogen-bond acceptors (Lipinski definition) is 2. The number of alkyl halides is 3. The molecule has 0 aromatic heterocycles. The first kappa shape index (κ1) is 15.8. The lowest BCUT2D eigenvalue weighted by Gasteiger charge is -2.11. The summed E-state index contributed by atoms with van der Waals surface area (Å²) in [7, 11) is 0. The van der Waals surface area contributed by atoms with E-state index in [1.165, 1.54) is 0 Å². The number of benzene rings is 1. The second kappa shape index (κ2) is 6.77. The molecule has 7 heteroatoms. The van der Waals surface area contributed by atoms with Crippen molar-refractivity contribution in [2.45, 2.75) is 19.5 Å². The van der Waals surface area contributed by atoms with Crippen LogP contribution >= 0.6 is 11.6 Å². The van der Waals surface area contributed by atoms with Crippen LogP contribution in [0.1, 0.15) is 18.9 Å². The fourth-order valence-electron chi connectivity index (χ4n) is 1.38. The Hall–Kier alpha value is -1.27. The summed E-state index contributed by atoms with van der Waals surface area (Å²) < 4.78 is 37.2. The number of carbonyl (C=O) groups excluding carboxylic acids is 1. The van der Waals surface area contributed by atoms with E-state index in [2.05, 4.69) is 10.6 Å². The SMILES string of the molecule is CCNCCC(=O)Nc1ccc(C(F)(F)F)cc1Cl. The lowest BCUT2D eigenvalue weighted by atomic mass is 10.2. The molecular weight excluding hydrogens is 281 g/mol. The van der Waals surface area contributed by atoms with Gasteiger partial charge in [0.15, 0.2) is 0 Å². The molecule has 0 spiro atoms. The van der Waals surface area contributed by atoms with Gasteiger partial charge in [-0.2, -0.15) is 13.2 Å². The normalized spacial score (nSPS) is 11.4. The van der Waals surface area contributed by atoms with Crippen molar-refractivity contribution < 1.29 is 18.0 Å². The van der Waals surface area contributed by atoms with Crippen molar-refractivity contribution >= 4 is 23.2 Å². The fraction of sp³-hybridized carbons (Fsp3) is 0.417. The van der Waals surface area contributed by atoms with Crippen LogP contribution in [0.15, 0.2) is 18.2 Å². The van der Waals surface area contributed by atoms with E-state index in [4.69, 9.17) is 11.6 Å². The summed E-state index contributed by atoms with van der Waals surface area (Å²) in [5, 5.41) is 5.30. The number of rotatable bonds is 5. The maximum Gasteiger partial charge on any atom is 0.416 e. The second-order valence-electron chi connectivity index (χ2n) is 3.84. The molecule has 0 bridgehead atoms. The lowest BCUT2D eigenvalue weighted by Crippen LogP contribution is -2.21. The van der Waals surface area contributed by atoms with Gasteiger partial charge in [0.2, 0.25) is 5.91 Å². The quantitative estimate of drug-likeness (QED) is 0.818. The molecule has 1 amide bonds. The van der Waals surface area contributed by atoms with Gasteiger partial charge >= 0.3 is 6.18 Å². The van der Waals surface area contributed by atoms with Gasteiger partial charge in [0, 0.05) is 13.0 Å². The highest BCUT2D eigenvalue weighted by Gasteiger charge is 2.30. The summed E-state index contributed by atoms with van der Waals surface area (Å²) in [6, 6.07) is 2.82. The van der Waals surface area contributed by atoms with E-state index >= 15 is 0 Å². The first-order valence-electron chi connectivity index (χ1n) is 5.72. The van der Waals surface area contributed by atoms with Crippen molar-refractivity contribution in [2.24, 2.45) is 0 Å². The maximum absolute atomic E-state index is 12.4. The van der Waals surface area contributed by atoms with E-state index in [1.54, 1.807) is 0 Å². The topological polar surface area (TPSA) is 41.1 Å². The lowest BCUT2D eigenvalue weighted by molar-refractivity contribution is -0.137. The summed E-state index contributed by atoms with van der Waals surface area (Å²) in [6.45, 7) is 3.15. The third-order valence-electron chi connectivity index (χ3n) is 2.35. The number of hydrogen-bond donors (Lipinski definition) is 2. The number of anilines is 1. The highest BCUT2D eigenvalue weighted by atomic mass is 35.5. The Bertz CT molecular complexity index is 449. The highest BCUT2D eigenvalue weighted by Crippen LogP contribution is 2.33. The molecule has 0 heterocycles. The second-order valence-corrected chi connectivity index (χ2v) is 4.25. The summed E-state index contributed by atoms with van der Waals surface area (Å²) in [6.07, 6.45) is -4.22. The van der Waals surface area contributed by atoms with E-state index < -0.39 is 11.7 Å². The zero-order valence-corrected chi connectivity index (χ0v) is 11.0. The average molecular weight is 295 g/mol. The molecule has 0 fully saturated rings. The van der Waals surface area contributed by atoms with Gasteiger partial charge in [-0.25, -0.2) is 0 Å². The number of carbonyl (C=O) groups is 1. The molecule has 0 aliphatic heterocycles. The summed E-state index contributed by atoms with van der Waals surface area (Å²) in [5.41, 5.74) is -0.667. The van der Waals surface area contributed by atoms with Crippen LogP contribution in [0, 0.1) is 0 Å². The molecule has 0 unspecified atom stereocenters. The Labute approximate surface area is 114 Å². The number of amides is 1. The van der Waals surface area contributed by atoms with E-state index in [1.807, 2.05) is 6.92 Å². The van der Waals surface area contributed by atoms with Gasteiger partial charge < -0.3 is 10.6 Å². The molecule has 0 saturated carbocycles. The Balaban J connectivity index is 2.67. The molecule has 1 aromatic rings. The van der Waals surface area contributed by atoms with Gasteiger partial charge in [-0.3, -0.25) is 4.79 Å². The van der Waals surface area contributed by atoms with Crippen LogP contribution in [0.25, 0.3) is 0 Å². The number of halogens is 4. The van der Waals surface area contributed by atoms with E-state index in [0.29, 0.717) is 6.54 Å². The largest absolute Gasteiger partial charge is 0.416 e. The van der Waals surface area contributed by atoms with Gasteiger partial charge in [-0.15, -0.1) is 0 Å². The minimum atomic E-state index is -4.45. The van der Waals surface area contributed by atoms with Crippen LogP contribution in [0.3, 0.4) is 0 Å². The Morgan fingerprint density at radius 2 is 2.05 bits per heavy atom. The molecule has 1 rings (SSSR count). The molecule has 0 aliphatic rings. The van der Waals surface area contributed by atoms with Crippen LogP contribution in [0.5, 0.6) is 0 Å². The molecule has 0 atom stereocenters. The van der Waals surface area contributed by atoms with Crippen molar-refractivity contribution in [3.8, 4) is 0 Å². The Kier molecular flexibility index (Phi) is 5.62. The Morgan fingerprint density at radius 3 is 2.58 bits per heavy atom. The fourth-order valence-corrected chi connectivity index (χ4v) is 1.61. The molecule has 2 N–H and O–H groups in total. The monoisotopic (exact) mass is 294 g/mol. The van der Waals surface area contributed by atoms with Crippen molar-refractivity contribution in [3.05, 3.63) is 28.8 Å². The van der Waals surface area contributed by atoms with Gasteiger partial charge in [0.1, 0.15) is 0 Å². The van der Waals surface area contributed by atoms with E-state index in [-0.39, 0.29) is 23.0 Å². The Morgan fingerprint density at radius 1 is 1.37 bits per heavy atom. The molecular formula is C12H14ClF3N2O. The molecule has 0 saturated heterocycles. The standard InChI is InChI=1S/C12H14ClF3N2O/c1-2-17-6-5-11(19)18-10-4-3-8(7-9(10)13)12(14,15)16/h3-4,7,17H,2,5-6H2,1H3,(H,18,19). The summed E-state index contributed by atoms with van der Waals surface area (Å²) in [4.78, 5) is 11.5. The molecule has 1 aromatic carbocycles. The van der Waals surface area contributed by atoms with Crippen LogP contribution in [0.4, 0.5) is 18.9 Å². The third kappa shape index (κ3) is 5.08.